The van der Waals surface area contributed by atoms with E-state index in [1.165, 1.54) is 57.8 Å². The predicted molar refractivity (Wildman–Crippen MR) is 77.8 cm³/mol. The van der Waals surface area contributed by atoms with Gasteiger partial charge in [-0.1, -0.05) is 57.8 Å². The molecule has 0 unspecified atom stereocenters. The minimum atomic E-state index is -0.125. The first kappa shape index (κ1) is 17.6. The summed E-state index contributed by atoms with van der Waals surface area (Å²) in [5, 5.41) is 9.11. The quantitative estimate of drug-likeness (QED) is 0.487. The van der Waals surface area contributed by atoms with E-state index in [0.29, 0.717) is 5.78 Å². The van der Waals surface area contributed by atoms with Gasteiger partial charge in [0.05, 0.1) is 6.10 Å². The van der Waals surface area contributed by atoms with Crippen LogP contribution < -0.4 is 0 Å². The number of unbranched alkanes of at least 4 members (excludes halogenated alkanes) is 9. The topological polar surface area (TPSA) is 37.3 Å². The molecule has 0 aliphatic rings. The van der Waals surface area contributed by atoms with Gasteiger partial charge in [-0.15, -0.1) is 0 Å². The molecular formula is C16H32O2. The molecule has 0 radical (unpaired) electrons. The Morgan fingerprint density at radius 3 is 1.61 bits per heavy atom. The van der Waals surface area contributed by atoms with Crippen molar-refractivity contribution in [1.82, 2.24) is 0 Å². The van der Waals surface area contributed by atoms with Crippen LogP contribution in [0.15, 0.2) is 0 Å². The van der Waals surface area contributed by atoms with E-state index < -0.39 is 0 Å². The second-order valence-corrected chi connectivity index (χ2v) is 5.63. The van der Waals surface area contributed by atoms with Crippen LogP contribution in [0, 0.1) is 0 Å². The van der Waals surface area contributed by atoms with Crippen LogP contribution in [0.2, 0.25) is 0 Å². The highest BCUT2D eigenvalue weighted by Crippen LogP contribution is 2.12. The third kappa shape index (κ3) is 15.6. The van der Waals surface area contributed by atoms with Crippen LogP contribution in [0.4, 0.5) is 0 Å². The molecule has 0 aliphatic heterocycles. The molecule has 0 amide bonds. The largest absolute Gasteiger partial charge is 0.393 e. The zero-order valence-electron chi connectivity index (χ0n) is 12.4. The van der Waals surface area contributed by atoms with Gasteiger partial charge >= 0.3 is 0 Å². The van der Waals surface area contributed by atoms with E-state index in [4.69, 9.17) is 5.11 Å². The molecular weight excluding hydrogens is 224 g/mol. The van der Waals surface area contributed by atoms with Crippen LogP contribution in [0.5, 0.6) is 0 Å². The van der Waals surface area contributed by atoms with Gasteiger partial charge < -0.3 is 9.90 Å². The average molecular weight is 256 g/mol. The fraction of sp³-hybridized carbons (Fsp3) is 0.938. The Balaban J connectivity index is 2.97. The number of ketones is 1. The Morgan fingerprint density at radius 1 is 0.833 bits per heavy atom. The van der Waals surface area contributed by atoms with Crippen molar-refractivity contribution in [1.29, 1.82) is 0 Å². The van der Waals surface area contributed by atoms with Crippen LogP contribution in [0.25, 0.3) is 0 Å². The fourth-order valence-electron chi connectivity index (χ4n) is 2.23. The first-order chi connectivity index (χ1) is 8.63. The molecule has 108 valence electrons. The van der Waals surface area contributed by atoms with Gasteiger partial charge in [0.15, 0.2) is 0 Å². The highest BCUT2D eigenvalue weighted by molar-refractivity contribution is 5.75. The number of Topliss-reactive ketones (excluding diaryl/α,β-unsaturated/α-hetero) is 1. The van der Waals surface area contributed by atoms with Gasteiger partial charge in [0.25, 0.3) is 0 Å². The SMILES string of the molecule is CC(=O)CCCCCCCCCCCC[C@H](C)O. The molecule has 0 aromatic heterocycles. The maximum atomic E-state index is 10.7. The molecule has 0 fully saturated rings. The molecule has 0 saturated heterocycles. The van der Waals surface area contributed by atoms with Crippen LogP contribution in [0.1, 0.15) is 90.9 Å². The monoisotopic (exact) mass is 256 g/mol. The number of carbonyl (C=O) groups is 1. The normalized spacial score (nSPS) is 12.6. The van der Waals surface area contributed by atoms with Gasteiger partial charge in [-0.2, -0.15) is 0 Å². The van der Waals surface area contributed by atoms with Gasteiger partial charge in [-0.05, 0) is 26.7 Å². The first-order valence-corrected chi connectivity index (χ1v) is 7.80. The van der Waals surface area contributed by atoms with Gasteiger partial charge in [-0.3, -0.25) is 0 Å². The summed E-state index contributed by atoms with van der Waals surface area (Å²) in [6.45, 7) is 3.55. The lowest BCUT2D eigenvalue weighted by Gasteiger charge is -2.04. The zero-order chi connectivity index (χ0) is 13.6. The minimum Gasteiger partial charge on any atom is -0.393 e. The van der Waals surface area contributed by atoms with Crippen molar-refractivity contribution in [3.05, 3.63) is 0 Å². The summed E-state index contributed by atoms with van der Waals surface area (Å²) < 4.78 is 0. The third-order valence-corrected chi connectivity index (χ3v) is 3.40. The molecule has 0 spiro atoms. The predicted octanol–water partition coefficient (Wildman–Crippen LogP) is 4.64. The standard InChI is InChI=1S/C16H32O2/c1-15(17)13-11-9-7-5-3-4-6-8-10-12-14-16(2)18/h15,17H,3-14H2,1-2H3/t15-/m0/s1. The van der Waals surface area contributed by atoms with Crippen molar-refractivity contribution in [2.75, 3.05) is 0 Å². The van der Waals surface area contributed by atoms with Crippen molar-refractivity contribution >= 4 is 5.78 Å². The second-order valence-electron chi connectivity index (χ2n) is 5.63. The summed E-state index contributed by atoms with van der Waals surface area (Å²) in [5.74, 6) is 0.326. The van der Waals surface area contributed by atoms with E-state index in [1.54, 1.807) is 6.92 Å². The molecule has 0 saturated carbocycles. The highest BCUT2D eigenvalue weighted by atomic mass is 16.3. The van der Waals surface area contributed by atoms with Crippen LogP contribution in [0.3, 0.4) is 0 Å². The maximum absolute atomic E-state index is 10.7. The van der Waals surface area contributed by atoms with E-state index in [1.807, 2.05) is 6.92 Å². The lowest BCUT2D eigenvalue weighted by atomic mass is 10.0. The molecule has 0 rings (SSSR count). The first-order valence-electron chi connectivity index (χ1n) is 7.80. The lowest BCUT2D eigenvalue weighted by Crippen LogP contribution is -1.98. The Hall–Kier alpha value is -0.370. The summed E-state index contributed by atoms with van der Waals surface area (Å²) in [5.41, 5.74) is 0. The Morgan fingerprint density at radius 2 is 1.22 bits per heavy atom. The summed E-state index contributed by atoms with van der Waals surface area (Å²) >= 11 is 0. The summed E-state index contributed by atoms with van der Waals surface area (Å²) in [6.07, 6.45) is 14.3. The van der Waals surface area contributed by atoms with E-state index in [0.717, 1.165) is 19.3 Å². The van der Waals surface area contributed by atoms with E-state index in [2.05, 4.69) is 0 Å². The fourth-order valence-corrected chi connectivity index (χ4v) is 2.23. The molecule has 0 aliphatic carbocycles. The van der Waals surface area contributed by atoms with E-state index in [-0.39, 0.29) is 6.10 Å². The van der Waals surface area contributed by atoms with Gasteiger partial charge in [-0.25, -0.2) is 0 Å². The molecule has 1 atom stereocenters. The number of aliphatic hydroxyl groups is 1. The van der Waals surface area contributed by atoms with Gasteiger partial charge in [0.2, 0.25) is 0 Å². The summed E-state index contributed by atoms with van der Waals surface area (Å²) in [4.78, 5) is 10.7. The Kier molecular flexibility index (Phi) is 12.8. The zero-order valence-corrected chi connectivity index (χ0v) is 12.4. The van der Waals surface area contributed by atoms with Crippen LogP contribution in [-0.4, -0.2) is 17.0 Å². The molecule has 0 bridgehead atoms. The van der Waals surface area contributed by atoms with Crippen molar-refractivity contribution in [2.45, 2.75) is 97.0 Å². The molecule has 0 aromatic rings. The van der Waals surface area contributed by atoms with Crippen LogP contribution >= 0.6 is 0 Å². The molecule has 1 N–H and O–H groups in total. The molecule has 2 nitrogen and oxygen atoms in total. The number of hydrogen-bond acceptors (Lipinski definition) is 2. The highest BCUT2D eigenvalue weighted by Gasteiger charge is 1.97. The third-order valence-electron chi connectivity index (χ3n) is 3.40. The van der Waals surface area contributed by atoms with Gasteiger partial charge in [0.1, 0.15) is 5.78 Å². The van der Waals surface area contributed by atoms with Gasteiger partial charge in [0, 0.05) is 6.42 Å². The number of hydrogen-bond donors (Lipinski definition) is 1. The van der Waals surface area contributed by atoms with Crippen molar-refractivity contribution < 1.29 is 9.90 Å². The molecule has 0 heterocycles. The molecule has 0 aromatic carbocycles. The summed E-state index contributed by atoms with van der Waals surface area (Å²) in [6, 6.07) is 0. The lowest BCUT2D eigenvalue weighted by molar-refractivity contribution is -0.117. The molecule has 2 heteroatoms. The van der Waals surface area contributed by atoms with Crippen LogP contribution in [-0.2, 0) is 4.79 Å². The van der Waals surface area contributed by atoms with Crippen molar-refractivity contribution in [3.8, 4) is 0 Å². The number of rotatable bonds is 13. The number of carbonyl (C=O) groups excluding carboxylic acids is 1. The van der Waals surface area contributed by atoms with Crippen molar-refractivity contribution in [3.63, 3.8) is 0 Å². The average Bonchev–Trinajstić information content (AvgIpc) is 2.29. The minimum absolute atomic E-state index is 0.125. The van der Waals surface area contributed by atoms with E-state index in [9.17, 15) is 4.79 Å². The number of aliphatic hydroxyl groups excluding tert-OH is 1. The second kappa shape index (κ2) is 13.1. The Bertz CT molecular complexity index is 188. The van der Waals surface area contributed by atoms with E-state index >= 15 is 0 Å². The summed E-state index contributed by atoms with van der Waals surface area (Å²) in [7, 11) is 0. The maximum Gasteiger partial charge on any atom is 0.129 e. The molecule has 18 heavy (non-hydrogen) atoms. The Labute approximate surface area is 113 Å². The van der Waals surface area contributed by atoms with Crippen molar-refractivity contribution in [2.24, 2.45) is 0 Å². The smallest absolute Gasteiger partial charge is 0.129 e.